The molecule has 0 atom stereocenters. The highest BCUT2D eigenvalue weighted by molar-refractivity contribution is 5.86. The molecule has 5 nitrogen and oxygen atoms in total. The Hall–Kier alpha value is -2.14. The largest absolute Gasteiger partial charge is 0.477 e. The van der Waals surface area contributed by atoms with Crippen LogP contribution < -0.4 is 0 Å². The summed E-state index contributed by atoms with van der Waals surface area (Å²) in [6, 6.07) is 9.87. The number of rotatable bonds is 3. The minimum absolute atomic E-state index is 0.120. The lowest BCUT2D eigenvalue weighted by molar-refractivity contribution is 0.0690. The molecular weight excluding hydrogens is 266 g/mol. The number of aromatic nitrogens is 2. The normalized spacial score (nSPS) is 17.0. The van der Waals surface area contributed by atoms with Gasteiger partial charge in [-0.2, -0.15) is 5.10 Å². The number of benzene rings is 1. The van der Waals surface area contributed by atoms with Gasteiger partial charge in [0.25, 0.3) is 0 Å². The molecule has 1 aliphatic heterocycles. The Balaban J connectivity index is 1.83. The van der Waals surface area contributed by atoms with E-state index in [-0.39, 0.29) is 5.69 Å². The van der Waals surface area contributed by atoms with Crippen LogP contribution in [0, 0.1) is 0 Å². The van der Waals surface area contributed by atoms with E-state index in [2.05, 4.69) is 34.3 Å². The van der Waals surface area contributed by atoms with E-state index in [1.54, 1.807) is 6.07 Å². The first kappa shape index (κ1) is 13.8. The zero-order valence-corrected chi connectivity index (χ0v) is 12.0. The second-order valence-corrected chi connectivity index (χ2v) is 5.68. The molecular formula is C16H19N3O2. The van der Waals surface area contributed by atoms with Gasteiger partial charge in [-0.05, 0) is 56.6 Å². The third-order valence-electron chi connectivity index (χ3n) is 4.18. The smallest absolute Gasteiger partial charge is 0.353 e. The van der Waals surface area contributed by atoms with Gasteiger partial charge in [0.2, 0.25) is 0 Å². The Kier molecular flexibility index (Phi) is 3.75. The number of H-pyrrole nitrogens is 1. The van der Waals surface area contributed by atoms with Gasteiger partial charge in [-0.25, -0.2) is 4.79 Å². The van der Waals surface area contributed by atoms with Crippen molar-refractivity contribution in [3.8, 4) is 11.3 Å². The van der Waals surface area contributed by atoms with Crippen LogP contribution in [0.15, 0.2) is 30.3 Å². The Morgan fingerprint density at radius 3 is 2.76 bits per heavy atom. The number of hydrogen-bond donors (Lipinski definition) is 2. The lowest BCUT2D eigenvalue weighted by atomic mass is 9.88. The van der Waals surface area contributed by atoms with Crippen LogP contribution in [0.3, 0.4) is 0 Å². The van der Waals surface area contributed by atoms with Crippen LogP contribution >= 0.6 is 0 Å². The second-order valence-electron chi connectivity index (χ2n) is 5.68. The minimum atomic E-state index is -0.986. The van der Waals surface area contributed by atoms with E-state index in [1.165, 1.54) is 18.4 Å². The fourth-order valence-corrected chi connectivity index (χ4v) is 2.87. The van der Waals surface area contributed by atoms with Crippen molar-refractivity contribution in [2.45, 2.75) is 18.8 Å². The lowest BCUT2D eigenvalue weighted by Gasteiger charge is -2.29. The van der Waals surface area contributed by atoms with Crippen molar-refractivity contribution in [2.75, 3.05) is 20.1 Å². The van der Waals surface area contributed by atoms with Gasteiger partial charge in [0.1, 0.15) is 5.69 Å². The quantitative estimate of drug-likeness (QED) is 0.909. The average molecular weight is 285 g/mol. The molecule has 1 aliphatic rings. The maximum absolute atomic E-state index is 10.9. The van der Waals surface area contributed by atoms with Crippen LogP contribution in [0.4, 0.5) is 0 Å². The molecule has 2 aromatic rings. The lowest BCUT2D eigenvalue weighted by Crippen LogP contribution is -2.29. The molecule has 110 valence electrons. The van der Waals surface area contributed by atoms with E-state index in [1.807, 2.05) is 12.1 Å². The summed E-state index contributed by atoms with van der Waals surface area (Å²) in [6.45, 7) is 2.25. The number of nitrogens with zero attached hydrogens (tertiary/aromatic N) is 2. The van der Waals surface area contributed by atoms with Gasteiger partial charge >= 0.3 is 5.97 Å². The summed E-state index contributed by atoms with van der Waals surface area (Å²) in [5.74, 6) is -0.403. The number of carboxylic acid groups (broad SMARTS) is 1. The highest BCUT2D eigenvalue weighted by atomic mass is 16.4. The van der Waals surface area contributed by atoms with E-state index < -0.39 is 5.97 Å². The van der Waals surface area contributed by atoms with Crippen molar-refractivity contribution in [1.29, 1.82) is 0 Å². The van der Waals surface area contributed by atoms with Crippen LogP contribution in [0.25, 0.3) is 11.3 Å². The Morgan fingerprint density at radius 1 is 1.33 bits per heavy atom. The molecule has 2 N–H and O–H groups in total. The molecule has 1 aromatic heterocycles. The summed E-state index contributed by atoms with van der Waals surface area (Å²) in [7, 11) is 2.16. The fraction of sp³-hybridized carbons (Fsp3) is 0.375. The molecule has 0 spiro atoms. The number of nitrogens with one attached hydrogen (secondary N) is 1. The Bertz CT molecular complexity index is 642. The molecule has 0 radical (unpaired) electrons. The number of carboxylic acids is 1. The van der Waals surface area contributed by atoms with Gasteiger partial charge in [-0.3, -0.25) is 5.10 Å². The van der Waals surface area contributed by atoms with Crippen molar-refractivity contribution in [1.82, 2.24) is 15.1 Å². The second kappa shape index (κ2) is 5.69. The average Bonchev–Trinajstić information content (AvgIpc) is 2.98. The number of piperidine rings is 1. The fourth-order valence-electron chi connectivity index (χ4n) is 2.87. The summed E-state index contributed by atoms with van der Waals surface area (Å²) in [6.07, 6.45) is 2.34. The third-order valence-corrected chi connectivity index (χ3v) is 4.18. The maximum Gasteiger partial charge on any atom is 0.353 e. The van der Waals surface area contributed by atoms with Crippen LogP contribution in [0.2, 0.25) is 0 Å². The first-order chi connectivity index (χ1) is 10.1. The minimum Gasteiger partial charge on any atom is -0.477 e. The molecule has 2 heterocycles. The first-order valence-electron chi connectivity index (χ1n) is 7.21. The number of hydrogen-bond acceptors (Lipinski definition) is 3. The highest BCUT2D eigenvalue weighted by Crippen LogP contribution is 2.30. The summed E-state index contributed by atoms with van der Waals surface area (Å²) in [5, 5.41) is 15.6. The van der Waals surface area contributed by atoms with Crippen molar-refractivity contribution in [2.24, 2.45) is 0 Å². The zero-order chi connectivity index (χ0) is 14.8. The Morgan fingerprint density at radius 2 is 2.10 bits per heavy atom. The summed E-state index contributed by atoms with van der Waals surface area (Å²) in [5.41, 5.74) is 3.09. The maximum atomic E-state index is 10.9. The molecule has 5 heteroatoms. The van der Waals surface area contributed by atoms with Gasteiger partial charge < -0.3 is 10.0 Å². The van der Waals surface area contributed by atoms with Crippen LogP contribution in [0.5, 0.6) is 0 Å². The molecule has 21 heavy (non-hydrogen) atoms. The van der Waals surface area contributed by atoms with Gasteiger partial charge in [-0.1, -0.05) is 18.2 Å². The predicted molar refractivity (Wildman–Crippen MR) is 80.5 cm³/mol. The van der Waals surface area contributed by atoms with Crippen molar-refractivity contribution < 1.29 is 9.90 Å². The van der Waals surface area contributed by atoms with Crippen molar-refractivity contribution >= 4 is 5.97 Å². The van der Waals surface area contributed by atoms with Gasteiger partial charge in [0.15, 0.2) is 0 Å². The van der Waals surface area contributed by atoms with E-state index in [0.29, 0.717) is 11.6 Å². The molecule has 0 aliphatic carbocycles. The van der Waals surface area contributed by atoms with E-state index >= 15 is 0 Å². The molecule has 0 bridgehead atoms. The molecule has 1 saturated heterocycles. The number of aromatic amines is 1. The Labute approximate surface area is 123 Å². The molecule has 3 rings (SSSR count). The monoisotopic (exact) mass is 285 g/mol. The van der Waals surface area contributed by atoms with Crippen LogP contribution in [-0.2, 0) is 0 Å². The summed E-state index contributed by atoms with van der Waals surface area (Å²) < 4.78 is 0. The number of carbonyl (C=O) groups is 1. The van der Waals surface area contributed by atoms with Crippen molar-refractivity contribution in [3.63, 3.8) is 0 Å². The number of likely N-dealkylation sites (tertiary alicyclic amines) is 1. The van der Waals surface area contributed by atoms with Crippen molar-refractivity contribution in [3.05, 3.63) is 41.6 Å². The van der Waals surface area contributed by atoms with Gasteiger partial charge in [-0.15, -0.1) is 0 Å². The molecule has 1 fully saturated rings. The number of aromatic carboxylic acids is 1. The highest BCUT2D eigenvalue weighted by Gasteiger charge is 2.19. The molecule has 0 saturated carbocycles. The first-order valence-corrected chi connectivity index (χ1v) is 7.21. The van der Waals surface area contributed by atoms with E-state index in [0.717, 1.165) is 18.7 Å². The summed E-state index contributed by atoms with van der Waals surface area (Å²) in [4.78, 5) is 13.3. The van der Waals surface area contributed by atoms with Crippen LogP contribution in [0.1, 0.15) is 34.8 Å². The third kappa shape index (κ3) is 2.97. The van der Waals surface area contributed by atoms with Crippen LogP contribution in [-0.4, -0.2) is 46.3 Å². The van der Waals surface area contributed by atoms with E-state index in [4.69, 9.17) is 5.11 Å². The summed E-state index contributed by atoms with van der Waals surface area (Å²) >= 11 is 0. The van der Waals surface area contributed by atoms with Gasteiger partial charge in [0.05, 0.1) is 5.69 Å². The molecule has 0 amide bonds. The molecule has 0 unspecified atom stereocenters. The van der Waals surface area contributed by atoms with Gasteiger partial charge in [0, 0.05) is 5.56 Å². The topological polar surface area (TPSA) is 69.2 Å². The zero-order valence-electron chi connectivity index (χ0n) is 12.0. The standard InChI is InChI=1S/C16H19N3O2/c1-19-7-5-11(6-8-19)12-3-2-4-13(9-12)14-10-15(16(20)21)18-17-14/h2-4,9-11H,5-8H2,1H3,(H,17,18)(H,20,21). The molecule has 1 aromatic carbocycles. The van der Waals surface area contributed by atoms with E-state index in [9.17, 15) is 4.79 Å². The SMILES string of the molecule is CN1CCC(c2cccc(-c3cc(C(=O)O)[nH]n3)c2)CC1. The predicted octanol–water partition coefficient (Wildman–Crippen LogP) is 2.58.